The van der Waals surface area contributed by atoms with Crippen LogP contribution >= 0.6 is 0 Å². The summed E-state index contributed by atoms with van der Waals surface area (Å²) in [6.45, 7) is 2.46. The lowest BCUT2D eigenvalue weighted by Crippen LogP contribution is -2.56. The Bertz CT molecular complexity index is 632. The Kier molecular flexibility index (Phi) is 5.82. The molecule has 1 saturated carbocycles. The van der Waals surface area contributed by atoms with Gasteiger partial charge in [-0.05, 0) is 37.8 Å². The number of rotatable bonds is 4. The Hall–Kier alpha value is -1.66. The highest BCUT2D eigenvalue weighted by Crippen LogP contribution is 2.30. The monoisotopic (exact) mass is 361 g/mol. The number of likely N-dealkylation sites (tertiary alicyclic amines) is 1. The fourth-order valence-electron chi connectivity index (χ4n) is 4.22. The van der Waals surface area contributed by atoms with Crippen molar-refractivity contribution < 1.29 is 15.0 Å². The maximum Gasteiger partial charge on any atom is 0.257 e. The number of hydrogen-bond donors (Lipinski definition) is 2. The molecule has 2 heterocycles. The van der Waals surface area contributed by atoms with Crippen LogP contribution in [0.4, 0.5) is 5.82 Å². The fourth-order valence-corrected chi connectivity index (χ4v) is 4.22. The number of carbonyl (C=O) groups is 1. The minimum Gasteiger partial charge on any atom is -0.388 e. The van der Waals surface area contributed by atoms with Gasteiger partial charge in [0.05, 0.1) is 11.2 Å². The zero-order chi connectivity index (χ0) is 18.7. The lowest BCUT2D eigenvalue weighted by atomic mass is 9.86. The van der Waals surface area contributed by atoms with E-state index >= 15 is 0 Å². The summed E-state index contributed by atoms with van der Waals surface area (Å²) >= 11 is 0. The molecule has 1 amide bonds. The lowest BCUT2D eigenvalue weighted by Gasteiger charge is -2.42. The molecule has 3 rings (SSSR count). The van der Waals surface area contributed by atoms with E-state index in [0.29, 0.717) is 31.0 Å². The van der Waals surface area contributed by atoms with Crippen molar-refractivity contribution in [2.45, 2.75) is 69.6 Å². The second kappa shape index (κ2) is 7.92. The molecule has 26 heavy (non-hydrogen) atoms. The van der Waals surface area contributed by atoms with Crippen LogP contribution in [0.2, 0.25) is 0 Å². The molecule has 0 bridgehead atoms. The first-order chi connectivity index (χ1) is 12.5. The van der Waals surface area contributed by atoms with E-state index in [1.54, 1.807) is 17.2 Å². The normalized spacial score (nSPS) is 27.4. The molecular weight excluding hydrogens is 330 g/mol. The van der Waals surface area contributed by atoms with Crippen molar-refractivity contribution in [2.75, 3.05) is 25.0 Å². The van der Waals surface area contributed by atoms with Crippen LogP contribution in [0.15, 0.2) is 18.3 Å². The number of hydrogen-bond acceptors (Lipinski definition) is 5. The number of aromatic nitrogens is 1. The first-order valence-electron chi connectivity index (χ1n) is 9.84. The lowest BCUT2D eigenvalue weighted by molar-refractivity contribution is -0.114. The largest absolute Gasteiger partial charge is 0.388 e. The first-order valence-corrected chi connectivity index (χ1v) is 9.84. The summed E-state index contributed by atoms with van der Waals surface area (Å²) in [5, 5.41) is 20.7. The molecule has 144 valence electrons. The van der Waals surface area contributed by atoms with Crippen LogP contribution in [0.3, 0.4) is 0 Å². The molecule has 2 aliphatic rings. The Morgan fingerprint density at radius 2 is 2.12 bits per heavy atom. The van der Waals surface area contributed by atoms with Crippen molar-refractivity contribution in [3.8, 4) is 0 Å². The highest BCUT2D eigenvalue weighted by atomic mass is 16.3. The van der Waals surface area contributed by atoms with Crippen molar-refractivity contribution >= 4 is 11.7 Å². The maximum absolute atomic E-state index is 13.1. The van der Waals surface area contributed by atoms with E-state index in [0.717, 1.165) is 18.7 Å². The van der Waals surface area contributed by atoms with E-state index in [4.69, 9.17) is 0 Å². The van der Waals surface area contributed by atoms with Crippen LogP contribution in [0.1, 0.15) is 62.2 Å². The zero-order valence-corrected chi connectivity index (χ0v) is 15.9. The molecule has 2 fully saturated rings. The minimum atomic E-state index is -1.09. The van der Waals surface area contributed by atoms with Gasteiger partial charge in [-0.2, -0.15) is 0 Å². The van der Waals surface area contributed by atoms with E-state index in [1.165, 1.54) is 19.3 Å². The number of aliphatic hydroxyl groups is 2. The molecule has 2 N–H and O–H groups in total. The van der Waals surface area contributed by atoms with Gasteiger partial charge in [0.1, 0.15) is 11.9 Å². The summed E-state index contributed by atoms with van der Waals surface area (Å²) in [5.74, 6) is 0.600. The summed E-state index contributed by atoms with van der Waals surface area (Å²) in [6, 6.07) is 4.02. The summed E-state index contributed by atoms with van der Waals surface area (Å²) in [6.07, 6.45) is 7.68. The molecular formula is C20H31N3O3. The molecule has 0 spiro atoms. The molecule has 1 saturated heterocycles. The number of β-amino-alcohol motifs (C(OH)–C–C–N with tert-alkyl or cyclic N) is 1. The Morgan fingerprint density at radius 1 is 1.38 bits per heavy atom. The first kappa shape index (κ1) is 19.1. The van der Waals surface area contributed by atoms with Crippen molar-refractivity contribution in [1.29, 1.82) is 0 Å². The van der Waals surface area contributed by atoms with Gasteiger partial charge >= 0.3 is 0 Å². The maximum atomic E-state index is 13.1. The van der Waals surface area contributed by atoms with Gasteiger partial charge in [-0.25, -0.2) is 4.98 Å². The van der Waals surface area contributed by atoms with Gasteiger partial charge in [-0.15, -0.1) is 0 Å². The van der Waals surface area contributed by atoms with Crippen LogP contribution < -0.4 is 4.90 Å². The standard InChI is InChI=1S/C20H31N3O3/c1-3-20(26)11-13-23(14-17(20)24)19(25)16-10-7-12-21-18(16)22(2)15-8-5-4-6-9-15/h7,10,12,15,17,24,26H,3-6,8-9,11,13-14H2,1-2H3/t17-,20-/m1/s1. The predicted octanol–water partition coefficient (Wildman–Crippen LogP) is 2.20. The molecule has 1 aliphatic heterocycles. The van der Waals surface area contributed by atoms with Crippen molar-refractivity contribution in [2.24, 2.45) is 0 Å². The molecule has 0 aromatic carbocycles. The van der Waals surface area contributed by atoms with Gasteiger partial charge in [0.2, 0.25) is 0 Å². The number of nitrogens with zero attached hydrogens (tertiary/aromatic N) is 3. The summed E-state index contributed by atoms with van der Waals surface area (Å²) in [5.41, 5.74) is -0.511. The SMILES string of the molecule is CC[C@@]1(O)CCN(C(=O)c2cccnc2N(C)C2CCCCC2)C[C@H]1O. The third-order valence-corrected chi connectivity index (χ3v) is 6.20. The highest BCUT2D eigenvalue weighted by molar-refractivity contribution is 5.99. The van der Waals surface area contributed by atoms with Gasteiger partial charge in [0.25, 0.3) is 5.91 Å². The summed E-state index contributed by atoms with van der Waals surface area (Å²) in [4.78, 5) is 21.4. The zero-order valence-electron chi connectivity index (χ0n) is 15.9. The molecule has 6 nitrogen and oxygen atoms in total. The van der Waals surface area contributed by atoms with Gasteiger partial charge in [0.15, 0.2) is 0 Å². The molecule has 0 radical (unpaired) electrons. The minimum absolute atomic E-state index is 0.118. The van der Waals surface area contributed by atoms with E-state index in [-0.39, 0.29) is 12.5 Å². The van der Waals surface area contributed by atoms with Crippen LogP contribution in [0.25, 0.3) is 0 Å². The van der Waals surface area contributed by atoms with Crippen LogP contribution in [-0.2, 0) is 0 Å². The Balaban J connectivity index is 1.78. The second-order valence-electron chi connectivity index (χ2n) is 7.75. The molecule has 1 aromatic heterocycles. The number of piperidine rings is 1. The Morgan fingerprint density at radius 3 is 2.77 bits per heavy atom. The average molecular weight is 361 g/mol. The summed E-state index contributed by atoms with van der Waals surface area (Å²) < 4.78 is 0. The van der Waals surface area contributed by atoms with Crippen molar-refractivity contribution in [1.82, 2.24) is 9.88 Å². The smallest absolute Gasteiger partial charge is 0.257 e. The summed E-state index contributed by atoms with van der Waals surface area (Å²) in [7, 11) is 2.02. The van der Waals surface area contributed by atoms with E-state index in [9.17, 15) is 15.0 Å². The fraction of sp³-hybridized carbons (Fsp3) is 0.700. The number of aliphatic hydroxyl groups excluding tert-OH is 1. The predicted molar refractivity (Wildman–Crippen MR) is 101 cm³/mol. The molecule has 1 aliphatic carbocycles. The van der Waals surface area contributed by atoms with Gasteiger partial charge in [0, 0.05) is 32.4 Å². The number of anilines is 1. The van der Waals surface area contributed by atoms with Crippen LogP contribution in [-0.4, -0.2) is 63.9 Å². The average Bonchev–Trinajstić information content (AvgIpc) is 2.69. The molecule has 6 heteroatoms. The van der Waals surface area contributed by atoms with Crippen LogP contribution in [0.5, 0.6) is 0 Å². The number of amides is 1. The third-order valence-electron chi connectivity index (χ3n) is 6.20. The van der Waals surface area contributed by atoms with E-state index in [1.807, 2.05) is 20.0 Å². The van der Waals surface area contributed by atoms with Crippen LogP contribution in [0, 0.1) is 0 Å². The van der Waals surface area contributed by atoms with Crippen molar-refractivity contribution in [3.63, 3.8) is 0 Å². The highest BCUT2D eigenvalue weighted by Gasteiger charge is 2.41. The topological polar surface area (TPSA) is 76.9 Å². The van der Waals surface area contributed by atoms with E-state index < -0.39 is 11.7 Å². The van der Waals surface area contributed by atoms with Gasteiger partial charge in [-0.1, -0.05) is 26.2 Å². The van der Waals surface area contributed by atoms with Crippen molar-refractivity contribution in [3.05, 3.63) is 23.9 Å². The number of carbonyl (C=O) groups excluding carboxylic acids is 1. The third kappa shape index (κ3) is 3.71. The Labute approximate surface area is 155 Å². The number of pyridine rings is 1. The molecule has 2 atom stereocenters. The van der Waals surface area contributed by atoms with E-state index in [2.05, 4.69) is 9.88 Å². The molecule has 1 aromatic rings. The molecule has 0 unspecified atom stereocenters. The quantitative estimate of drug-likeness (QED) is 0.860. The van der Waals surface area contributed by atoms with Gasteiger partial charge < -0.3 is 20.0 Å². The van der Waals surface area contributed by atoms with Gasteiger partial charge in [-0.3, -0.25) is 4.79 Å². The second-order valence-corrected chi connectivity index (χ2v) is 7.75.